The highest BCUT2D eigenvalue weighted by Crippen LogP contribution is 2.08. The van der Waals surface area contributed by atoms with Crippen LogP contribution < -0.4 is 11.1 Å². The van der Waals surface area contributed by atoms with Crippen LogP contribution in [0.5, 0.6) is 0 Å². The number of anilines is 2. The maximum absolute atomic E-state index is 5.65. The van der Waals surface area contributed by atoms with Crippen LogP contribution >= 0.6 is 0 Å². The topological polar surface area (TPSA) is 108 Å². The van der Waals surface area contributed by atoms with E-state index in [4.69, 9.17) is 10.2 Å². The first-order chi connectivity index (χ1) is 9.31. The molecule has 0 amide bonds. The van der Waals surface area contributed by atoms with Crippen molar-refractivity contribution >= 4 is 11.9 Å². The van der Waals surface area contributed by atoms with Crippen molar-refractivity contribution in [2.75, 3.05) is 11.1 Å². The van der Waals surface area contributed by atoms with Gasteiger partial charge in [-0.2, -0.15) is 20.1 Å². The van der Waals surface area contributed by atoms with Crippen molar-refractivity contribution in [3.05, 3.63) is 42.6 Å². The minimum atomic E-state index is 0.134. The summed E-state index contributed by atoms with van der Waals surface area (Å²) in [6, 6.07) is 3.63. The van der Waals surface area contributed by atoms with Gasteiger partial charge in [0.25, 0.3) is 5.95 Å². The number of nitrogen functional groups attached to an aromatic ring is 1. The zero-order chi connectivity index (χ0) is 13.1. The number of nitrogens with two attached hydrogens (primary N) is 1. The Balaban J connectivity index is 1.82. The standard InChI is InChI=1S/C11H11N7O/c12-9-15-10(13-6-8-2-5-19-7-8)17-11(16-9)18-4-1-3-14-18/h1-5,7H,6H2,(H3,12,13,15,16,17). The van der Waals surface area contributed by atoms with E-state index < -0.39 is 0 Å². The summed E-state index contributed by atoms with van der Waals surface area (Å²) >= 11 is 0. The molecule has 0 spiro atoms. The molecule has 0 aliphatic carbocycles. The highest BCUT2D eigenvalue weighted by atomic mass is 16.3. The van der Waals surface area contributed by atoms with E-state index in [1.807, 2.05) is 6.07 Å². The summed E-state index contributed by atoms with van der Waals surface area (Å²) in [7, 11) is 0. The van der Waals surface area contributed by atoms with E-state index in [-0.39, 0.29) is 5.95 Å². The van der Waals surface area contributed by atoms with Gasteiger partial charge >= 0.3 is 0 Å². The molecule has 3 rings (SSSR count). The first kappa shape index (κ1) is 11.2. The fourth-order valence-corrected chi connectivity index (χ4v) is 1.52. The summed E-state index contributed by atoms with van der Waals surface area (Å²) in [4.78, 5) is 12.3. The molecule has 3 N–H and O–H groups in total. The number of hydrogen-bond acceptors (Lipinski definition) is 7. The minimum absolute atomic E-state index is 0.134. The summed E-state index contributed by atoms with van der Waals surface area (Å²) in [5.74, 6) is 0.890. The molecule has 96 valence electrons. The first-order valence-electron chi connectivity index (χ1n) is 5.58. The lowest BCUT2D eigenvalue weighted by Crippen LogP contribution is -2.11. The zero-order valence-electron chi connectivity index (χ0n) is 9.89. The predicted molar refractivity (Wildman–Crippen MR) is 67.4 cm³/mol. The van der Waals surface area contributed by atoms with Gasteiger partial charge in [0.05, 0.1) is 12.5 Å². The lowest BCUT2D eigenvalue weighted by atomic mass is 10.3. The zero-order valence-corrected chi connectivity index (χ0v) is 9.89. The quantitative estimate of drug-likeness (QED) is 0.713. The van der Waals surface area contributed by atoms with Crippen LogP contribution in [0.25, 0.3) is 5.95 Å². The Hall–Kier alpha value is -2.90. The van der Waals surface area contributed by atoms with E-state index in [0.29, 0.717) is 18.4 Å². The maximum atomic E-state index is 5.65. The summed E-state index contributed by atoms with van der Waals surface area (Å²) < 4.78 is 6.49. The molecular weight excluding hydrogens is 246 g/mol. The average molecular weight is 257 g/mol. The Bertz CT molecular complexity index is 648. The van der Waals surface area contributed by atoms with Crippen LogP contribution in [0.1, 0.15) is 5.56 Å². The molecule has 0 aliphatic rings. The lowest BCUT2D eigenvalue weighted by molar-refractivity contribution is 0.564. The number of nitrogens with zero attached hydrogens (tertiary/aromatic N) is 5. The third-order valence-corrected chi connectivity index (χ3v) is 2.38. The van der Waals surface area contributed by atoms with Gasteiger partial charge in [-0.05, 0) is 12.1 Å². The van der Waals surface area contributed by atoms with Gasteiger partial charge in [0, 0.05) is 24.5 Å². The van der Waals surface area contributed by atoms with Crippen molar-refractivity contribution < 1.29 is 4.42 Å². The SMILES string of the molecule is Nc1nc(NCc2ccoc2)nc(-n2cccn2)n1. The fraction of sp³-hybridized carbons (Fsp3) is 0.0909. The van der Waals surface area contributed by atoms with Crippen LogP contribution in [-0.2, 0) is 6.54 Å². The number of nitrogens with one attached hydrogen (secondary N) is 1. The third-order valence-electron chi connectivity index (χ3n) is 2.38. The maximum Gasteiger partial charge on any atom is 0.257 e. The molecule has 0 radical (unpaired) electrons. The van der Waals surface area contributed by atoms with E-state index in [1.54, 1.807) is 31.0 Å². The number of rotatable bonds is 4. The van der Waals surface area contributed by atoms with Crippen molar-refractivity contribution in [3.63, 3.8) is 0 Å². The smallest absolute Gasteiger partial charge is 0.257 e. The van der Waals surface area contributed by atoms with Gasteiger partial charge in [-0.3, -0.25) is 0 Å². The van der Waals surface area contributed by atoms with Crippen LogP contribution in [0.4, 0.5) is 11.9 Å². The molecule has 8 heteroatoms. The molecule has 0 aromatic carbocycles. The molecule has 3 heterocycles. The predicted octanol–water partition coefficient (Wildman–Crippen LogP) is 0.845. The van der Waals surface area contributed by atoms with Gasteiger partial charge in [-0.25, -0.2) is 4.68 Å². The summed E-state index contributed by atoms with van der Waals surface area (Å²) in [6.07, 6.45) is 6.62. The van der Waals surface area contributed by atoms with E-state index in [2.05, 4.69) is 25.4 Å². The van der Waals surface area contributed by atoms with E-state index in [9.17, 15) is 0 Å². The lowest BCUT2D eigenvalue weighted by Gasteiger charge is -2.06. The summed E-state index contributed by atoms with van der Waals surface area (Å²) in [5.41, 5.74) is 6.64. The first-order valence-corrected chi connectivity index (χ1v) is 5.58. The van der Waals surface area contributed by atoms with Crippen molar-refractivity contribution in [2.45, 2.75) is 6.54 Å². The fourth-order valence-electron chi connectivity index (χ4n) is 1.52. The van der Waals surface area contributed by atoms with Crippen molar-refractivity contribution in [1.29, 1.82) is 0 Å². The normalized spacial score (nSPS) is 10.5. The van der Waals surface area contributed by atoms with Crippen LogP contribution in [0, 0.1) is 0 Å². The molecule has 0 saturated heterocycles. The molecule has 19 heavy (non-hydrogen) atoms. The third kappa shape index (κ3) is 2.51. The van der Waals surface area contributed by atoms with Gasteiger partial charge in [0.2, 0.25) is 11.9 Å². The largest absolute Gasteiger partial charge is 0.472 e. The highest BCUT2D eigenvalue weighted by Gasteiger charge is 2.06. The van der Waals surface area contributed by atoms with Crippen LogP contribution in [0.2, 0.25) is 0 Å². The van der Waals surface area contributed by atoms with Crippen LogP contribution in [0.3, 0.4) is 0 Å². The second kappa shape index (κ2) is 4.77. The van der Waals surface area contributed by atoms with Crippen LogP contribution in [0.15, 0.2) is 41.5 Å². The molecule has 3 aromatic rings. The monoisotopic (exact) mass is 257 g/mol. The minimum Gasteiger partial charge on any atom is -0.472 e. The Morgan fingerprint density at radius 2 is 2.26 bits per heavy atom. The molecule has 0 atom stereocenters. The Morgan fingerprint density at radius 3 is 3.00 bits per heavy atom. The van der Waals surface area contributed by atoms with E-state index >= 15 is 0 Å². The summed E-state index contributed by atoms with van der Waals surface area (Å²) in [5, 5.41) is 7.09. The Morgan fingerprint density at radius 1 is 1.32 bits per heavy atom. The van der Waals surface area contributed by atoms with Gasteiger partial charge < -0.3 is 15.5 Å². The number of furan rings is 1. The van der Waals surface area contributed by atoms with Crippen molar-refractivity contribution in [3.8, 4) is 5.95 Å². The van der Waals surface area contributed by atoms with E-state index in [0.717, 1.165) is 5.56 Å². The second-order valence-corrected chi connectivity index (χ2v) is 3.75. The molecule has 0 unspecified atom stereocenters. The van der Waals surface area contributed by atoms with Gasteiger partial charge in [0.1, 0.15) is 0 Å². The number of aromatic nitrogens is 5. The average Bonchev–Trinajstić information content (AvgIpc) is 3.09. The number of hydrogen-bond donors (Lipinski definition) is 2. The molecule has 0 aliphatic heterocycles. The molecule has 0 saturated carbocycles. The summed E-state index contributed by atoms with van der Waals surface area (Å²) in [6.45, 7) is 0.540. The van der Waals surface area contributed by atoms with Gasteiger partial charge in [0.15, 0.2) is 0 Å². The van der Waals surface area contributed by atoms with Gasteiger partial charge in [-0.15, -0.1) is 0 Å². The van der Waals surface area contributed by atoms with Gasteiger partial charge in [-0.1, -0.05) is 0 Å². The van der Waals surface area contributed by atoms with Crippen LogP contribution in [-0.4, -0.2) is 24.7 Å². The molecular formula is C11H11N7O. The van der Waals surface area contributed by atoms with Crippen molar-refractivity contribution in [1.82, 2.24) is 24.7 Å². The van der Waals surface area contributed by atoms with Crippen molar-refractivity contribution in [2.24, 2.45) is 0 Å². The second-order valence-electron chi connectivity index (χ2n) is 3.75. The highest BCUT2D eigenvalue weighted by molar-refractivity contribution is 5.35. The van der Waals surface area contributed by atoms with E-state index in [1.165, 1.54) is 4.68 Å². The molecule has 0 fully saturated rings. The molecule has 8 nitrogen and oxygen atoms in total. The molecule has 0 bridgehead atoms. The Labute approximate surface area is 108 Å². The Kier molecular flexibility index (Phi) is 2.81. The molecule has 3 aromatic heterocycles.